The van der Waals surface area contributed by atoms with E-state index in [0.29, 0.717) is 30.3 Å². The minimum atomic E-state index is -0.750. The van der Waals surface area contributed by atoms with Crippen LogP contribution < -0.4 is 19.5 Å². The van der Waals surface area contributed by atoms with Gasteiger partial charge in [-0.3, -0.25) is 19.8 Å². The van der Waals surface area contributed by atoms with Crippen molar-refractivity contribution in [1.82, 2.24) is 10.2 Å². The van der Waals surface area contributed by atoms with Crippen molar-refractivity contribution >= 4 is 23.9 Å². The number of imide groups is 2. The molecule has 8 nitrogen and oxygen atoms in total. The van der Waals surface area contributed by atoms with Crippen LogP contribution in [-0.4, -0.2) is 43.1 Å². The molecule has 1 heterocycles. The highest BCUT2D eigenvalue weighted by atomic mass is 16.5. The first-order valence-electron chi connectivity index (χ1n) is 11.4. The zero-order valence-electron chi connectivity index (χ0n) is 20.0. The summed E-state index contributed by atoms with van der Waals surface area (Å²) in [6.45, 7) is 2.70. The summed E-state index contributed by atoms with van der Waals surface area (Å²) in [6, 6.07) is 21.1. The first-order valence-corrected chi connectivity index (χ1v) is 11.4. The summed E-state index contributed by atoms with van der Waals surface area (Å²) in [5, 5.41) is 2.23. The lowest BCUT2D eigenvalue weighted by Crippen LogP contribution is -2.53. The number of carbonyl (C=O) groups excluding carboxylic acids is 3. The summed E-state index contributed by atoms with van der Waals surface area (Å²) in [6.07, 6.45) is 1.43. The van der Waals surface area contributed by atoms with Gasteiger partial charge in [-0.1, -0.05) is 54.1 Å². The maximum Gasteiger partial charge on any atom is 0.331 e. The molecular formula is C28H26N2O6. The van der Waals surface area contributed by atoms with Gasteiger partial charge in [0.25, 0.3) is 11.8 Å². The van der Waals surface area contributed by atoms with Crippen LogP contribution in [0.3, 0.4) is 0 Å². The fraction of sp³-hybridized carbons (Fsp3) is 0.179. The quantitative estimate of drug-likeness (QED) is 0.278. The lowest BCUT2D eigenvalue weighted by atomic mass is 10.1. The maximum absolute atomic E-state index is 13.0. The summed E-state index contributed by atoms with van der Waals surface area (Å²) in [5.41, 5.74) is 2.32. The van der Waals surface area contributed by atoms with Crippen molar-refractivity contribution in [3.63, 3.8) is 0 Å². The zero-order valence-corrected chi connectivity index (χ0v) is 20.0. The van der Waals surface area contributed by atoms with Crippen molar-refractivity contribution in [3.05, 3.63) is 95.1 Å². The molecule has 3 aromatic carbocycles. The fourth-order valence-electron chi connectivity index (χ4n) is 3.61. The molecule has 0 saturated carbocycles. The Morgan fingerprint density at radius 1 is 0.861 bits per heavy atom. The largest absolute Gasteiger partial charge is 0.493 e. The number of urea groups is 1. The maximum atomic E-state index is 13.0. The molecule has 1 aliphatic heterocycles. The lowest BCUT2D eigenvalue weighted by Gasteiger charge is -2.26. The molecule has 3 aromatic rings. The van der Waals surface area contributed by atoms with Gasteiger partial charge in [-0.05, 0) is 48.4 Å². The van der Waals surface area contributed by atoms with Crippen LogP contribution in [0.1, 0.15) is 16.7 Å². The minimum Gasteiger partial charge on any atom is -0.493 e. The molecule has 184 valence electrons. The van der Waals surface area contributed by atoms with Crippen LogP contribution >= 0.6 is 0 Å². The number of nitrogens with zero attached hydrogens (tertiary/aromatic N) is 1. The van der Waals surface area contributed by atoms with Crippen molar-refractivity contribution in [3.8, 4) is 17.2 Å². The Hall–Kier alpha value is -4.59. The number of ether oxygens (including phenoxy) is 3. The fourth-order valence-corrected chi connectivity index (χ4v) is 3.61. The van der Waals surface area contributed by atoms with Crippen molar-refractivity contribution in [2.45, 2.75) is 13.5 Å². The van der Waals surface area contributed by atoms with Crippen molar-refractivity contribution < 1.29 is 28.6 Å². The number of benzene rings is 3. The average Bonchev–Trinajstić information content (AvgIpc) is 2.89. The molecule has 0 aliphatic carbocycles. The third-order valence-corrected chi connectivity index (χ3v) is 5.50. The molecule has 1 aliphatic rings. The topological polar surface area (TPSA) is 94.2 Å². The number of nitrogens with one attached hydrogen (secondary N) is 1. The minimum absolute atomic E-state index is 0.0525. The predicted molar refractivity (Wildman–Crippen MR) is 134 cm³/mol. The molecule has 1 N–H and O–H groups in total. The van der Waals surface area contributed by atoms with E-state index in [-0.39, 0.29) is 12.1 Å². The third-order valence-electron chi connectivity index (χ3n) is 5.50. The molecule has 0 unspecified atom stereocenters. The van der Waals surface area contributed by atoms with Gasteiger partial charge in [0.15, 0.2) is 11.5 Å². The zero-order chi connectivity index (χ0) is 25.5. The van der Waals surface area contributed by atoms with Gasteiger partial charge in [0, 0.05) is 0 Å². The van der Waals surface area contributed by atoms with Crippen LogP contribution in [0.4, 0.5) is 4.79 Å². The van der Waals surface area contributed by atoms with Crippen LogP contribution in [0.15, 0.2) is 78.4 Å². The molecule has 0 aromatic heterocycles. The van der Waals surface area contributed by atoms with Gasteiger partial charge >= 0.3 is 6.03 Å². The Kier molecular flexibility index (Phi) is 7.65. The molecule has 1 saturated heterocycles. The van der Waals surface area contributed by atoms with Gasteiger partial charge in [0.1, 0.15) is 24.5 Å². The van der Waals surface area contributed by atoms with Crippen LogP contribution in [0.25, 0.3) is 6.08 Å². The van der Waals surface area contributed by atoms with Crippen LogP contribution in [0, 0.1) is 6.92 Å². The van der Waals surface area contributed by atoms with E-state index < -0.39 is 17.8 Å². The Balaban J connectivity index is 1.44. The van der Waals surface area contributed by atoms with E-state index in [0.717, 1.165) is 21.8 Å². The second-order valence-corrected chi connectivity index (χ2v) is 8.11. The smallest absolute Gasteiger partial charge is 0.331 e. The Labute approximate surface area is 209 Å². The van der Waals surface area contributed by atoms with E-state index in [1.807, 2.05) is 49.4 Å². The number of amides is 4. The van der Waals surface area contributed by atoms with E-state index in [9.17, 15) is 14.4 Å². The number of hydrogen-bond donors (Lipinski definition) is 1. The van der Waals surface area contributed by atoms with Gasteiger partial charge in [-0.25, -0.2) is 4.79 Å². The summed E-state index contributed by atoms with van der Waals surface area (Å²) in [4.78, 5) is 38.7. The lowest BCUT2D eigenvalue weighted by molar-refractivity contribution is -0.130. The molecule has 36 heavy (non-hydrogen) atoms. The van der Waals surface area contributed by atoms with Crippen molar-refractivity contribution in [1.29, 1.82) is 0 Å². The third kappa shape index (κ3) is 5.90. The van der Waals surface area contributed by atoms with E-state index >= 15 is 0 Å². The van der Waals surface area contributed by atoms with Gasteiger partial charge in [0.2, 0.25) is 0 Å². The Bertz CT molecular complexity index is 1290. The van der Waals surface area contributed by atoms with E-state index in [2.05, 4.69) is 5.32 Å². The van der Waals surface area contributed by atoms with E-state index in [1.54, 1.807) is 30.3 Å². The molecule has 1 fully saturated rings. The summed E-state index contributed by atoms with van der Waals surface area (Å²) < 4.78 is 16.9. The van der Waals surface area contributed by atoms with Gasteiger partial charge in [0.05, 0.1) is 13.7 Å². The molecule has 4 amide bonds. The van der Waals surface area contributed by atoms with Crippen LogP contribution in [0.2, 0.25) is 0 Å². The van der Waals surface area contributed by atoms with E-state index in [1.165, 1.54) is 13.2 Å². The van der Waals surface area contributed by atoms with Gasteiger partial charge < -0.3 is 14.2 Å². The molecule has 0 atom stereocenters. The molecule has 0 spiro atoms. The number of hydrogen-bond acceptors (Lipinski definition) is 6. The van der Waals surface area contributed by atoms with Crippen molar-refractivity contribution in [2.75, 3.05) is 20.3 Å². The highest BCUT2D eigenvalue weighted by Gasteiger charge is 2.35. The second-order valence-electron chi connectivity index (χ2n) is 8.11. The van der Waals surface area contributed by atoms with Crippen LogP contribution in [0.5, 0.6) is 17.2 Å². The summed E-state index contributed by atoms with van der Waals surface area (Å²) in [7, 11) is 1.50. The highest BCUT2D eigenvalue weighted by Crippen LogP contribution is 2.29. The number of methoxy groups -OCH3 is 1. The molecule has 4 rings (SSSR count). The Morgan fingerprint density at radius 2 is 1.58 bits per heavy atom. The van der Waals surface area contributed by atoms with Crippen LogP contribution in [-0.2, 0) is 16.1 Å². The summed E-state index contributed by atoms with van der Waals surface area (Å²) >= 11 is 0. The average molecular weight is 487 g/mol. The molecule has 8 heteroatoms. The standard InChI is InChI=1S/C28H26N2O6/c1-19-8-11-22(12-9-19)35-14-15-36-24-13-10-21(17-25(24)34-2)16-23-26(31)29-28(33)30(27(23)32)18-20-6-4-3-5-7-20/h3-13,16-17H,14-15,18H2,1-2H3,(H,29,31,33). The monoisotopic (exact) mass is 486 g/mol. The first kappa shape index (κ1) is 24.5. The first-order chi connectivity index (χ1) is 17.4. The second kappa shape index (κ2) is 11.2. The number of barbiturate groups is 1. The van der Waals surface area contributed by atoms with Gasteiger partial charge in [-0.2, -0.15) is 0 Å². The summed E-state index contributed by atoms with van der Waals surface area (Å²) in [5.74, 6) is 0.267. The molecular weight excluding hydrogens is 460 g/mol. The number of carbonyl (C=O) groups is 3. The normalized spacial score (nSPS) is 14.6. The predicted octanol–water partition coefficient (Wildman–Crippen LogP) is 4.12. The van der Waals surface area contributed by atoms with Crippen molar-refractivity contribution in [2.24, 2.45) is 0 Å². The molecule has 0 bridgehead atoms. The van der Waals surface area contributed by atoms with Gasteiger partial charge in [-0.15, -0.1) is 0 Å². The Morgan fingerprint density at radius 3 is 2.31 bits per heavy atom. The molecule has 0 radical (unpaired) electrons. The SMILES string of the molecule is COc1cc(C=C2C(=O)NC(=O)N(Cc3ccccc3)C2=O)ccc1OCCOc1ccc(C)cc1. The number of aryl methyl sites for hydroxylation is 1. The highest BCUT2D eigenvalue weighted by molar-refractivity contribution is 6.30. The number of rotatable bonds is 9. The van der Waals surface area contributed by atoms with E-state index in [4.69, 9.17) is 14.2 Å².